The fourth-order valence-corrected chi connectivity index (χ4v) is 5.63. The van der Waals surface area contributed by atoms with Gasteiger partial charge in [0.1, 0.15) is 0 Å². The van der Waals surface area contributed by atoms with E-state index in [9.17, 15) is 23.1 Å². The van der Waals surface area contributed by atoms with E-state index in [-0.39, 0.29) is 50.8 Å². The van der Waals surface area contributed by atoms with E-state index in [0.717, 1.165) is 32.4 Å². The molecule has 0 aliphatic carbocycles. The highest BCUT2D eigenvalue weighted by atomic mass is 19.4. The molecule has 0 unspecified atom stereocenters. The van der Waals surface area contributed by atoms with Crippen molar-refractivity contribution in [2.75, 3.05) is 39.4 Å². The minimum Gasteiger partial charge on any atom is -0.389 e. The summed E-state index contributed by atoms with van der Waals surface area (Å²) in [5.74, 6) is 0.668. The zero-order valence-electron chi connectivity index (χ0n) is 20.2. The Bertz CT molecular complexity index is 802. The summed E-state index contributed by atoms with van der Waals surface area (Å²) in [4.78, 5) is 16.6. The van der Waals surface area contributed by atoms with E-state index >= 15 is 0 Å². The summed E-state index contributed by atoms with van der Waals surface area (Å²) >= 11 is 0. The summed E-state index contributed by atoms with van der Waals surface area (Å²) in [5.41, 5.74) is 1.33. The molecule has 4 atom stereocenters. The molecule has 0 saturated carbocycles. The van der Waals surface area contributed by atoms with E-state index < -0.39 is 24.8 Å². The van der Waals surface area contributed by atoms with Gasteiger partial charge in [0.25, 0.3) is 0 Å². The van der Waals surface area contributed by atoms with Crippen molar-refractivity contribution in [1.29, 1.82) is 0 Å². The number of hydrogen-bond donors (Lipinski definition) is 1. The summed E-state index contributed by atoms with van der Waals surface area (Å²) < 4.78 is 50.3. The highest BCUT2D eigenvalue weighted by molar-refractivity contribution is 5.76. The van der Waals surface area contributed by atoms with Gasteiger partial charge in [0.2, 0.25) is 5.91 Å². The Hall–Kier alpha value is -1.68. The number of β-amino-alcohol motifs (C(OH)–C–C–N with tert-alkyl or cyclic N) is 1. The number of piperidine rings is 1. The van der Waals surface area contributed by atoms with Crippen LogP contribution in [-0.2, 0) is 20.7 Å². The summed E-state index contributed by atoms with van der Waals surface area (Å²) in [7, 11) is 0. The zero-order chi connectivity index (χ0) is 24.8. The number of rotatable bonds is 6. The van der Waals surface area contributed by atoms with Crippen molar-refractivity contribution in [3.8, 4) is 0 Å². The van der Waals surface area contributed by atoms with Gasteiger partial charge in [0.05, 0.1) is 44.4 Å². The van der Waals surface area contributed by atoms with Crippen molar-refractivity contribution in [1.82, 2.24) is 9.80 Å². The van der Waals surface area contributed by atoms with Crippen LogP contribution in [-0.4, -0.2) is 90.7 Å². The largest absolute Gasteiger partial charge is 0.390 e. The zero-order valence-corrected chi connectivity index (χ0v) is 20.2. The molecule has 9 heteroatoms. The molecule has 0 aromatic heterocycles. The second-order valence-electron chi connectivity index (χ2n) is 10.2. The van der Waals surface area contributed by atoms with Crippen molar-refractivity contribution in [3.05, 3.63) is 35.9 Å². The molecule has 35 heavy (non-hydrogen) atoms. The maximum Gasteiger partial charge on any atom is 0.390 e. The highest BCUT2D eigenvalue weighted by Crippen LogP contribution is 2.30. The van der Waals surface area contributed by atoms with Crippen LogP contribution < -0.4 is 0 Å². The molecular weight excluding hydrogens is 461 g/mol. The molecular formula is C26H37F3N2O4. The van der Waals surface area contributed by atoms with E-state index in [1.165, 1.54) is 5.56 Å². The Morgan fingerprint density at radius 1 is 1.06 bits per heavy atom. The van der Waals surface area contributed by atoms with Crippen LogP contribution in [0.2, 0.25) is 0 Å². The van der Waals surface area contributed by atoms with Crippen molar-refractivity contribution < 1.29 is 32.5 Å². The number of carbonyl (C=O) groups excluding carboxylic acids is 1. The number of ether oxygens (including phenoxy) is 2. The average molecular weight is 499 g/mol. The fourth-order valence-electron chi connectivity index (χ4n) is 5.63. The van der Waals surface area contributed by atoms with Crippen molar-refractivity contribution in [3.63, 3.8) is 0 Å². The van der Waals surface area contributed by atoms with E-state index in [1.54, 1.807) is 4.90 Å². The van der Waals surface area contributed by atoms with Gasteiger partial charge in [-0.1, -0.05) is 30.3 Å². The Balaban J connectivity index is 1.26. The van der Waals surface area contributed by atoms with Crippen molar-refractivity contribution in [2.24, 2.45) is 5.92 Å². The van der Waals surface area contributed by atoms with Gasteiger partial charge in [-0.15, -0.1) is 0 Å². The summed E-state index contributed by atoms with van der Waals surface area (Å²) in [6.45, 7) is 1.73. The lowest BCUT2D eigenvalue weighted by atomic mass is 9.89. The Kier molecular flexibility index (Phi) is 9.07. The molecule has 4 rings (SSSR count). The predicted octanol–water partition coefficient (Wildman–Crippen LogP) is 3.42. The molecule has 3 saturated heterocycles. The van der Waals surface area contributed by atoms with Crippen LogP contribution in [0.15, 0.2) is 30.3 Å². The van der Waals surface area contributed by atoms with Gasteiger partial charge in [0, 0.05) is 32.2 Å². The van der Waals surface area contributed by atoms with Gasteiger partial charge in [0.15, 0.2) is 0 Å². The maximum absolute atomic E-state index is 13.0. The lowest BCUT2D eigenvalue weighted by molar-refractivity contribution is -0.171. The minimum absolute atomic E-state index is 0.0661. The van der Waals surface area contributed by atoms with Crippen molar-refractivity contribution in [2.45, 2.75) is 75.5 Å². The SMILES string of the molecule is O=C(C[C@H]1CC[C@H]2[C@@H](COC[C@H](O)CN2CCC(F)(F)F)O1)N1CCC(Cc2ccccc2)CC1. The normalized spacial score (nSPS) is 29.3. The van der Waals surface area contributed by atoms with Gasteiger partial charge in [-0.25, -0.2) is 0 Å². The van der Waals surface area contributed by atoms with Crippen LogP contribution >= 0.6 is 0 Å². The van der Waals surface area contributed by atoms with E-state index in [0.29, 0.717) is 18.8 Å². The molecule has 1 aromatic carbocycles. The summed E-state index contributed by atoms with van der Waals surface area (Å²) in [6, 6.07) is 10.2. The number of carbonyl (C=O) groups is 1. The highest BCUT2D eigenvalue weighted by Gasteiger charge is 2.40. The lowest BCUT2D eigenvalue weighted by Gasteiger charge is -2.45. The molecule has 0 bridgehead atoms. The van der Waals surface area contributed by atoms with Gasteiger partial charge >= 0.3 is 6.18 Å². The fraction of sp³-hybridized carbons (Fsp3) is 0.731. The maximum atomic E-state index is 13.0. The average Bonchev–Trinajstić information content (AvgIpc) is 2.81. The number of fused-ring (bicyclic) bond motifs is 1. The molecule has 6 nitrogen and oxygen atoms in total. The number of benzene rings is 1. The van der Waals surface area contributed by atoms with Gasteiger partial charge in [-0.3, -0.25) is 9.69 Å². The predicted molar refractivity (Wildman–Crippen MR) is 125 cm³/mol. The van der Waals surface area contributed by atoms with Crippen LogP contribution in [0.4, 0.5) is 13.2 Å². The first kappa shape index (κ1) is 26.4. The number of aliphatic hydroxyl groups excluding tert-OH is 1. The number of alkyl halides is 3. The molecule has 1 N–H and O–H groups in total. The number of likely N-dealkylation sites (tertiary alicyclic amines) is 1. The van der Waals surface area contributed by atoms with Crippen molar-refractivity contribution >= 4 is 5.91 Å². The molecule has 1 aromatic rings. The third kappa shape index (κ3) is 7.90. The third-order valence-electron chi connectivity index (χ3n) is 7.51. The van der Waals surface area contributed by atoms with Crippen LogP contribution in [0.3, 0.4) is 0 Å². The first-order valence-corrected chi connectivity index (χ1v) is 12.8. The Morgan fingerprint density at radius 3 is 2.51 bits per heavy atom. The molecule has 3 aliphatic heterocycles. The van der Waals surface area contributed by atoms with Gasteiger partial charge in [-0.05, 0) is 43.6 Å². The first-order chi connectivity index (χ1) is 16.8. The molecule has 3 heterocycles. The minimum atomic E-state index is -4.25. The smallest absolute Gasteiger partial charge is 0.389 e. The number of amides is 1. The molecule has 1 amide bonds. The third-order valence-corrected chi connectivity index (χ3v) is 7.51. The quantitative estimate of drug-likeness (QED) is 0.652. The monoisotopic (exact) mass is 498 g/mol. The number of nitrogens with zero attached hydrogens (tertiary/aromatic N) is 2. The second-order valence-corrected chi connectivity index (χ2v) is 10.2. The molecule has 0 radical (unpaired) electrons. The number of hydrogen-bond acceptors (Lipinski definition) is 5. The van der Waals surface area contributed by atoms with Crippen LogP contribution in [0.5, 0.6) is 0 Å². The second kappa shape index (κ2) is 12.0. The van der Waals surface area contributed by atoms with E-state index in [2.05, 4.69) is 24.3 Å². The molecule has 3 aliphatic rings. The lowest BCUT2D eigenvalue weighted by Crippen LogP contribution is -2.56. The van der Waals surface area contributed by atoms with Gasteiger partial charge in [-0.2, -0.15) is 13.2 Å². The number of halogens is 3. The van der Waals surface area contributed by atoms with E-state index in [4.69, 9.17) is 9.47 Å². The molecule has 0 spiro atoms. The standard InChI is InChI=1S/C26H37F3N2O4/c27-26(28,29)10-13-31-16-21(32)17-34-18-24-23(31)7-6-22(35-24)15-25(33)30-11-8-20(9-12-30)14-19-4-2-1-3-5-19/h1-5,20-24,32H,6-18H2/t21-,22-,23+,24-/m1/s1. The van der Waals surface area contributed by atoms with Crippen LogP contribution in [0.1, 0.15) is 44.1 Å². The van der Waals surface area contributed by atoms with Crippen LogP contribution in [0, 0.1) is 5.92 Å². The van der Waals surface area contributed by atoms with Gasteiger partial charge < -0.3 is 19.5 Å². The number of aliphatic hydroxyl groups is 1. The first-order valence-electron chi connectivity index (χ1n) is 12.8. The van der Waals surface area contributed by atoms with Crippen LogP contribution in [0.25, 0.3) is 0 Å². The Labute approximate surface area is 205 Å². The van der Waals surface area contributed by atoms with E-state index in [1.807, 2.05) is 11.0 Å². The topological polar surface area (TPSA) is 62.2 Å². The summed E-state index contributed by atoms with van der Waals surface area (Å²) in [6.07, 6.45) is -2.14. The summed E-state index contributed by atoms with van der Waals surface area (Å²) in [5, 5.41) is 10.1. The molecule has 196 valence electrons. The Morgan fingerprint density at radius 2 is 1.80 bits per heavy atom. The molecule has 3 fully saturated rings.